The molecule has 25 nitrogen and oxygen atoms in total. The van der Waals surface area contributed by atoms with Gasteiger partial charge in [-0.05, 0) is 25.7 Å². The third-order valence-electron chi connectivity index (χ3n) is 15.6. The van der Waals surface area contributed by atoms with Crippen LogP contribution in [0.2, 0.25) is 6.04 Å². The molecule has 3 aliphatic rings. The molecular weight excluding hydrogens is 1150 g/mol. The quantitative estimate of drug-likeness (QED) is 0.0197. The minimum absolute atomic E-state index is 0.0831. The van der Waals surface area contributed by atoms with Crippen LogP contribution in [0.5, 0.6) is 0 Å². The van der Waals surface area contributed by atoms with Crippen LogP contribution in [0.15, 0.2) is 0 Å². The lowest BCUT2D eigenvalue weighted by Gasteiger charge is -2.43. The molecule has 3 aliphatic heterocycles. The summed E-state index contributed by atoms with van der Waals surface area (Å²) in [4.78, 5) is 11.6. The first-order chi connectivity index (χ1) is 37.9. The van der Waals surface area contributed by atoms with Crippen molar-refractivity contribution in [1.29, 1.82) is 0 Å². The lowest BCUT2D eigenvalue weighted by molar-refractivity contribution is -0.890. The minimum Gasteiger partial charge on any atom is -0.392 e. The summed E-state index contributed by atoms with van der Waals surface area (Å²) in [5, 5.41) is 31.1. The number of rotatable bonds is 45. The van der Waals surface area contributed by atoms with E-state index >= 15 is 0 Å². The summed E-state index contributed by atoms with van der Waals surface area (Å²) in [5.74, 6) is -3.76. The molecule has 0 bridgehead atoms. The molecule has 30 heteroatoms. The Hall–Kier alpha value is -0.663. The number of aliphatic hydroxyl groups is 3. The molecular formula is C51H108N7O18S4Si+. The first kappa shape index (κ1) is 74.6. The fourth-order valence-corrected chi connectivity index (χ4v) is 17.1. The van der Waals surface area contributed by atoms with Gasteiger partial charge in [0.05, 0.1) is 63.8 Å². The van der Waals surface area contributed by atoms with Crippen molar-refractivity contribution in [3.05, 3.63) is 0 Å². The normalized spacial score (nSPS) is 20.9. The molecule has 0 saturated carbocycles. The molecule has 6 atom stereocenters. The highest BCUT2D eigenvalue weighted by Crippen LogP contribution is 2.29. The van der Waals surface area contributed by atoms with Crippen molar-refractivity contribution in [2.24, 2.45) is 0 Å². The molecule has 0 radical (unpaired) electrons. The maximum Gasteiger partial charge on any atom is 0.502 e. The van der Waals surface area contributed by atoms with E-state index in [1.54, 1.807) is 4.90 Å². The van der Waals surface area contributed by atoms with Crippen LogP contribution < -0.4 is 0 Å². The van der Waals surface area contributed by atoms with Crippen molar-refractivity contribution in [2.75, 3.05) is 168 Å². The highest BCUT2D eigenvalue weighted by atomic mass is 32.2. The lowest BCUT2D eigenvalue weighted by Crippen LogP contribution is -2.60. The van der Waals surface area contributed by atoms with E-state index in [9.17, 15) is 67.2 Å². The molecule has 0 spiro atoms. The van der Waals surface area contributed by atoms with Gasteiger partial charge in [0.15, 0.2) is 0 Å². The lowest BCUT2D eigenvalue weighted by atomic mass is 10.1. The van der Waals surface area contributed by atoms with Gasteiger partial charge in [-0.15, -0.1) is 0 Å². The van der Waals surface area contributed by atoms with Crippen molar-refractivity contribution >= 4 is 49.3 Å². The highest BCUT2D eigenvalue weighted by molar-refractivity contribution is 7.86. The Kier molecular flexibility index (Phi) is 34.3. The van der Waals surface area contributed by atoms with E-state index in [-0.39, 0.29) is 64.8 Å². The fraction of sp³-hybridized carbons (Fsp3) is 1.00. The molecule has 0 aliphatic carbocycles. The van der Waals surface area contributed by atoms with Crippen LogP contribution in [0.4, 0.5) is 0 Å². The monoisotopic (exact) mass is 1260 g/mol. The highest BCUT2D eigenvalue weighted by Gasteiger charge is 2.50. The van der Waals surface area contributed by atoms with E-state index in [0.717, 1.165) is 32.2 Å². The fourth-order valence-electron chi connectivity index (χ4n) is 11.1. The molecule has 482 valence electrons. The zero-order chi connectivity index (χ0) is 60.3. The molecule has 0 aromatic rings. The second kappa shape index (κ2) is 37.2. The standard InChI is InChI=1S/C51H107N7O18S4Si/c1-6-9-10-11-12-13-14-15-16-17-18-19-33-58(4,5)34-20-35-81(74-49(43-78(65,66)67)39-55-27-21-52(22-28-55)36-46(59)7-2,75-50(44-79(68,69)70)40-56-29-23-53(24-30-56)37-47(60)8-3)76-51(45-80(71,72)73)41-57-31-25-54(26-32-57)38-48(61)42-77(62,63)64/h46-51,59-61H,6-45H2,1-5H3,(H3-,62,63,64,65,66,67,68,69,70,71,72,73)/p+1. The van der Waals surface area contributed by atoms with Crippen LogP contribution in [0, 0.1) is 0 Å². The molecule has 0 aromatic carbocycles. The summed E-state index contributed by atoms with van der Waals surface area (Å²) >= 11 is 0. The zero-order valence-corrected chi connectivity index (χ0v) is 53.9. The minimum atomic E-state index is -4.85. The molecule has 7 N–H and O–H groups in total. The Labute approximate surface area is 488 Å². The van der Waals surface area contributed by atoms with Gasteiger partial charge in [0, 0.05) is 130 Å². The molecule has 0 aromatic heterocycles. The molecule has 3 rings (SSSR count). The van der Waals surface area contributed by atoms with Crippen molar-refractivity contribution < 1.29 is 85.0 Å². The Morgan fingerprint density at radius 3 is 0.926 bits per heavy atom. The third kappa shape index (κ3) is 35.7. The number of piperazine rings is 3. The van der Waals surface area contributed by atoms with Crippen molar-refractivity contribution in [3.63, 3.8) is 0 Å². The van der Waals surface area contributed by atoms with Crippen molar-refractivity contribution in [2.45, 2.75) is 160 Å². The van der Waals surface area contributed by atoms with E-state index in [2.05, 4.69) is 30.8 Å². The molecule has 3 saturated heterocycles. The summed E-state index contributed by atoms with van der Waals surface area (Å²) in [5.41, 5.74) is 0. The predicted molar refractivity (Wildman–Crippen MR) is 316 cm³/mol. The third-order valence-corrected chi connectivity index (χ3v) is 21.9. The summed E-state index contributed by atoms with van der Waals surface area (Å²) in [7, 11) is -19.6. The average Bonchev–Trinajstić information content (AvgIpc) is 3.34. The Morgan fingerprint density at radius 1 is 0.383 bits per heavy atom. The number of hydrogen-bond donors (Lipinski definition) is 7. The van der Waals surface area contributed by atoms with Crippen LogP contribution in [0.3, 0.4) is 0 Å². The maximum absolute atomic E-state index is 13.0. The predicted octanol–water partition coefficient (Wildman–Crippen LogP) is 1.56. The van der Waals surface area contributed by atoms with Gasteiger partial charge >= 0.3 is 8.80 Å². The van der Waals surface area contributed by atoms with Gasteiger partial charge in [-0.2, -0.15) is 33.7 Å². The molecule has 3 heterocycles. The first-order valence-electron chi connectivity index (χ1n) is 29.9. The number of β-amino-alcohol motifs (C(OH)–C–C–N with tert-alkyl or cyclic N) is 3. The van der Waals surface area contributed by atoms with Crippen molar-refractivity contribution in [1.82, 2.24) is 29.4 Å². The van der Waals surface area contributed by atoms with Gasteiger partial charge in [0.2, 0.25) is 0 Å². The topological polar surface area (TPSA) is 325 Å². The van der Waals surface area contributed by atoms with Gasteiger partial charge in [-0.1, -0.05) is 85.0 Å². The number of unbranched alkanes of at least 4 members (excludes halogenated alkanes) is 11. The van der Waals surface area contributed by atoms with Crippen LogP contribution in [-0.4, -0.2) is 315 Å². The molecule has 81 heavy (non-hydrogen) atoms. The Bertz CT molecular complexity index is 2100. The number of nitrogens with zero attached hydrogens (tertiary/aromatic N) is 7. The zero-order valence-electron chi connectivity index (χ0n) is 49.6. The van der Waals surface area contributed by atoms with Gasteiger partial charge in [0.25, 0.3) is 40.5 Å². The van der Waals surface area contributed by atoms with Gasteiger partial charge < -0.3 is 33.1 Å². The van der Waals surface area contributed by atoms with E-state index in [1.807, 2.05) is 28.5 Å². The van der Waals surface area contributed by atoms with E-state index < -0.39 is 109 Å². The van der Waals surface area contributed by atoms with Gasteiger partial charge in [-0.3, -0.25) is 47.6 Å². The van der Waals surface area contributed by atoms with Gasteiger partial charge in [0.1, 0.15) is 23.0 Å². The van der Waals surface area contributed by atoms with E-state index in [4.69, 9.17) is 13.3 Å². The van der Waals surface area contributed by atoms with E-state index in [1.165, 1.54) is 51.4 Å². The van der Waals surface area contributed by atoms with Crippen LogP contribution >= 0.6 is 0 Å². The van der Waals surface area contributed by atoms with Crippen LogP contribution in [0.25, 0.3) is 0 Å². The number of aliphatic hydroxyl groups excluding tert-OH is 3. The second-order valence-corrected chi connectivity index (χ2v) is 32.4. The largest absolute Gasteiger partial charge is 0.502 e. The van der Waals surface area contributed by atoms with Crippen LogP contribution in [0.1, 0.15) is 117 Å². The molecule has 0 amide bonds. The smallest absolute Gasteiger partial charge is 0.392 e. The molecule has 3 fully saturated rings. The van der Waals surface area contributed by atoms with Crippen LogP contribution in [-0.2, 0) is 53.8 Å². The summed E-state index contributed by atoms with van der Waals surface area (Å²) in [6.45, 7) is 12.5. The van der Waals surface area contributed by atoms with E-state index in [0.29, 0.717) is 89.3 Å². The Morgan fingerprint density at radius 2 is 0.642 bits per heavy atom. The SMILES string of the molecule is CCCCCCCCCCCCCC[N+](C)(C)CCC[Si](OC(CN1CCN(CC(O)CC)CC1)CS(=O)(=O)O)(OC(CN1CCN(CC(O)CC)CC1)CS(=O)(=O)O)OC(CN1CCN(CC(O)CS(=O)(=O)O)CC1)CS(=O)(=O)O. The number of hydrogen-bond acceptors (Lipinski definition) is 20. The van der Waals surface area contributed by atoms with Crippen molar-refractivity contribution in [3.8, 4) is 0 Å². The Balaban J connectivity index is 2.07. The summed E-state index contributed by atoms with van der Waals surface area (Å²) < 4.78 is 164. The average molecular weight is 1260 g/mol. The first-order valence-corrected chi connectivity index (χ1v) is 38.3. The molecule has 6 unspecified atom stereocenters. The second-order valence-electron chi connectivity index (χ2n) is 23.9. The summed E-state index contributed by atoms with van der Waals surface area (Å²) in [6.07, 6.45) is 9.03. The summed E-state index contributed by atoms with van der Waals surface area (Å²) in [6, 6.07) is -0.107. The maximum atomic E-state index is 13.0. The number of quaternary nitrogens is 1. The van der Waals surface area contributed by atoms with Gasteiger partial charge in [-0.25, -0.2) is 0 Å².